The average molecular weight is 154 g/mol. The van der Waals surface area contributed by atoms with E-state index in [0.29, 0.717) is 0 Å². The molecule has 0 radical (unpaired) electrons. The lowest BCUT2D eigenvalue weighted by atomic mass is 9.73. The van der Waals surface area contributed by atoms with E-state index in [0.717, 1.165) is 17.8 Å². The van der Waals surface area contributed by atoms with Gasteiger partial charge in [-0.1, -0.05) is 46.5 Å². The van der Waals surface area contributed by atoms with E-state index in [1.165, 1.54) is 32.1 Å². The molecule has 1 aliphatic rings. The summed E-state index contributed by atoms with van der Waals surface area (Å²) in [7, 11) is 0. The Morgan fingerprint density at radius 2 is 1.91 bits per heavy atom. The first-order valence-electron chi connectivity index (χ1n) is 5.25. The molecule has 1 saturated carbocycles. The minimum Gasteiger partial charge on any atom is -0.0651 e. The Hall–Kier alpha value is 0. The van der Waals surface area contributed by atoms with E-state index in [4.69, 9.17) is 0 Å². The molecule has 0 N–H and O–H groups in total. The summed E-state index contributed by atoms with van der Waals surface area (Å²) in [5.74, 6) is 3.00. The van der Waals surface area contributed by atoms with Gasteiger partial charge in [-0.3, -0.25) is 0 Å². The van der Waals surface area contributed by atoms with Crippen LogP contribution in [0.1, 0.15) is 52.9 Å². The van der Waals surface area contributed by atoms with Crippen molar-refractivity contribution in [3.8, 4) is 0 Å². The fraction of sp³-hybridized carbons (Fsp3) is 1.00. The largest absolute Gasteiger partial charge is 0.0651 e. The summed E-state index contributed by atoms with van der Waals surface area (Å²) in [6, 6.07) is 0. The Balaban J connectivity index is 2.40. The third-order valence-electron chi connectivity index (χ3n) is 3.55. The summed E-state index contributed by atoms with van der Waals surface area (Å²) in [5, 5.41) is 0. The predicted octanol–water partition coefficient (Wildman–Crippen LogP) is 3.86. The maximum atomic E-state index is 2.44. The standard InChI is InChI=1S/C11H22/c1-4-9(2)11-8-6-5-7-10(11)3/h9-11H,4-8H2,1-3H3. The molecule has 0 spiro atoms. The number of hydrogen-bond acceptors (Lipinski definition) is 0. The monoisotopic (exact) mass is 154 g/mol. The first-order valence-corrected chi connectivity index (χ1v) is 5.25. The Kier molecular flexibility index (Phi) is 3.42. The molecule has 66 valence electrons. The minimum absolute atomic E-state index is 0.963. The number of rotatable bonds is 2. The topological polar surface area (TPSA) is 0 Å². The maximum absolute atomic E-state index is 2.44. The van der Waals surface area contributed by atoms with Gasteiger partial charge in [0, 0.05) is 0 Å². The fourth-order valence-corrected chi connectivity index (χ4v) is 2.49. The van der Waals surface area contributed by atoms with E-state index in [1.807, 2.05) is 0 Å². The van der Waals surface area contributed by atoms with Crippen molar-refractivity contribution in [3.05, 3.63) is 0 Å². The summed E-state index contributed by atoms with van der Waals surface area (Å²) in [6.07, 6.45) is 7.31. The molecule has 0 heterocycles. The van der Waals surface area contributed by atoms with Crippen molar-refractivity contribution >= 4 is 0 Å². The smallest absolute Gasteiger partial charge is 0.0363 e. The van der Waals surface area contributed by atoms with E-state index in [1.54, 1.807) is 0 Å². The van der Waals surface area contributed by atoms with E-state index in [2.05, 4.69) is 20.8 Å². The first-order chi connectivity index (χ1) is 5.25. The molecule has 0 amide bonds. The van der Waals surface area contributed by atoms with Crippen LogP contribution in [0.2, 0.25) is 0 Å². The fourth-order valence-electron chi connectivity index (χ4n) is 2.49. The van der Waals surface area contributed by atoms with E-state index < -0.39 is 0 Å². The second-order valence-corrected chi connectivity index (χ2v) is 4.31. The lowest BCUT2D eigenvalue weighted by molar-refractivity contribution is 0.181. The van der Waals surface area contributed by atoms with Gasteiger partial charge in [-0.25, -0.2) is 0 Å². The van der Waals surface area contributed by atoms with Crippen molar-refractivity contribution in [1.29, 1.82) is 0 Å². The van der Waals surface area contributed by atoms with Crippen LogP contribution in [-0.4, -0.2) is 0 Å². The van der Waals surface area contributed by atoms with E-state index in [9.17, 15) is 0 Å². The van der Waals surface area contributed by atoms with Gasteiger partial charge < -0.3 is 0 Å². The van der Waals surface area contributed by atoms with Crippen LogP contribution in [0.3, 0.4) is 0 Å². The molecule has 0 bridgehead atoms. The zero-order valence-corrected chi connectivity index (χ0v) is 8.27. The van der Waals surface area contributed by atoms with Crippen molar-refractivity contribution in [2.45, 2.75) is 52.9 Å². The van der Waals surface area contributed by atoms with Crippen LogP contribution < -0.4 is 0 Å². The van der Waals surface area contributed by atoms with Crippen LogP contribution in [-0.2, 0) is 0 Å². The third-order valence-corrected chi connectivity index (χ3v) is 3.55. The van der Waals surface area contributed by atoms with Crippen molar-refractivity contribution in [2.75, 3.05) is 0 Å². The Morgan fingerprint density at radius 3 is 2.45 bits per heavy atom. The van der Waals surface area contributed by atoms with E-state index in [-0.39, 0.29) is 0 Å². The highest BCUT2D eigenvalue weighted by Crippen LogP contribution is 2.35. The maximum Gasteiger partial charge on any atom is -0.0363 e. The quantitative estimate of drug-likeness (QED) is 0.566. The molecular weight excluding hydrogens is 132 g/mol. The highest BCUT2D eigenvalue weighted by molar-refractivity contribution is 4.75. The third kappa shape index (κ3) is 2.21. The molecular formula is C11H22. The van der Waals surface area contributed by atoms with Crippen LogP contribution >= 0.6 is 0 Å². The zero-order chi connectivity index (χ0) is 8.27. The molecule has 0 nitrogen and oxygen atoms in total. The van der Waals surface area contributed by atoms with Gasteiger partial charge in [-0.2, -0.15) is 0 Å². The van der Waals surface area contributed by atoms with Crippen molar-refractivity contribution in [1.82, 2.24) is 0 Å². The molecule has 11 heavy (non-hydrogen) atoms. The highest BCUT2D eigenvalue weighted by atomic mass is 14.3. The summed E-state index contributed by atoms with van der Waals surface area (Å²) < 4.78 is 0. The van der Waals surface area contributed by atoms with Crippen LogP contribution in [0.15, 0.2) is 0 Å². The average Bonchev–Trinajstić information content (AvgIpc) is 2.04. The van der Waals surface area contributed by atoms with Crippen LogP contribution in [0.25, 0.3) is 0 Å². The molecule has 3 unspecified atom stereocenters. The van der Waals surface area contributed by atoms with Crippen LogP contribution in [0, 0.1) is 17.8 Å². The Morgan fingerprint density at radius 1 is 1.27 bits per heavy atom. The second kappa shape index (κ2) is 4.13. The Bertz CT molecular complexity index is 103. The highest BCUT2D eigenvalue weighted by Gasteiger charge is 2.24. The summed E-state index contributed by atoms with van der Waals surface area (Å²) >= 11 is 0. The second-order valence-electron chi connectivity index (χ2n) is 4.31. The van der Waals surface area contributed by atoms with E-state index >= 15 is 0 Å². The van der Waals surface area contributed by atoms with Gasteiger partial charge in [-0.15, -0.1) is 0 Å². The van der Waals surface area contributed by atoms with Crippen LogP contribution in [0.4, 0.5) is 0 Å². The number of hydrogen-bond donors (Lipinski definition) is 0. The summed E-state index contributed by atoms with van der Waals surface area (Å²) in [5.41, 5.74) is 0. The molecule has 1 rings (SSSR count). The zero-order valence-electron chi connectivity index (χ0n) is 8.27. The predicted molar refractivity (Wildman–Crippen MR) is 50.6 cm³/mol. The van der Waals surface area contributed by atoms with Crippen molar-refractivity contribution in [3.63, 3.8) is 0 Å². The van der Waals surface area contributed by atoms with Crippen LogP contribution in [0.5, 0.6) is 0 Å². The molecule has 0 heteroatoms. The lowest BCUT2D eigenvalue weighted by Gasteiger charge is -2.33. The molecule has 0 aliphatic heterocycles. The van der Waals surface area contributed by atoms with Gasteiger partial charge >= 0.3 is 0 Å². The van der Waals surface area contributed by atoms with Crippen molar-refractivity contribution in [2.24, 2.45) is 17.8 Å². The van der Waals surface area contributed by atoms with Gasteiger partial charge in [0.15, 0.2) is 0 Å². The van der Waals surface area contributed by atoms with Gasteiger partial charge in [0.1, 0.15) is 0 Å². The SMILES string of the molecule is CCC(C)C1CCCCC1C. The molecule has 0 aromatic rings. The van der Waals surface area contributed by atoms with Gasteiger partial charge in [0.2, 0.25) is 0 Å². The molecule has 0 aromatic carbocycles. The minimum atomic E-state index is 0.963. The normalized spacial score (nSPS) is 35.2. The molecule has 1 fully saturated rings. The Labute approximate surface area is 71.4 Å². The van der Waals surface area contributed by atoms with Crippen molar-refractivity contribution < 1.29 is 0 Å². The molecule has 0 saturated heterocycles. The first kappa shape index (κ1) is 9.09. The lowest BCUT2D eigenvalue weighted by Crippen LogP contribution is -2.22. The van der Waals surface area contributed by atoms with Gasteiger partial charge in [0.25, 0.3) is 0 Å². The molecule has 0 aromatic heterocycles. The summed E-state index contributed by atoms with van der Waals surface area (Å²) in [4.78, 5) is 0. The molecule has 1 aliphatic carbocycles. The van der Waals surface area contributed by atoms with Gasteiger partial charge in [0.05, 0.1) is 0 Å². The summed E-state index contributed by atoms with van der Waals surface area (Å²) in [6.45, 7) is 7.19. The van der Waals surface area contributed by atoms with Gasteiger partial charge in [-0.05, 0) is 24.2 Å². The molecule has 3 atom stereocenters.